The fourth-order valence-corrected chi connectivity index (χ4v) is 4.70. The minimum Gasteiger partial charge on any atom is -0.484 e. The van der Waals surface area contributed by atoms with Gasteiger partial charge in [0.1, 0.15) is 11.4 Å². The van der Waals surface area contributed by atoms with Crippen LogP contribution < -0.4 is 4.74 Å². The summed E-state index contributed by atoms with van der Waals surface area (Å²) in [4.78, 5) is 27.3. The number of methoxy groups -OCH3 is 1. The molecule has 0 radical (unpaired) electrons. The van der Waals surface area contributed by atoms with Crippen LogP contribution in [0.1, 0.15) is 48.0 Å². The van der Waals surface area contributed by atoms with Gasteiger partial charge in [0.2, 0.25) is 5.91 Å². The van der Waals surface area contributed by atoms with E-state index in [2.05, 4.69) is 0 Å². The summed E-state index contributed by atoms with van der Waals surface area (Å²) >= 11 is 0. The quantitative estimate of drug-likeness (QED) is 0.855. The Bertz CT molecular complexity index is 701. The molecule has 3 atom stereocenters. The highest BCUT2D eigenvalue weighted by Gasteiger charge is 2.61. The van der Waals surface area contributed by atoms with Crippen molar-refractivity contribution in [2.24, 2.45) is 0 Å². The minimum atomic E-state index is -0.537. The van der Waals surface area contributed by atoms with Gasteiger partial charge in [0.15, 0.2) is 5.78 Å². The van der Waals surface area contributed by atoms with Gasteiger partial charge in [-0.3, -0.25) is 9.59 Å². The molecule has 3 heterocycles. The third-order valence-electron chi connectivity index (χ3n) is 5.71. The second kappa shape index (κ2) is 5.59. The van der Waals surface area contributed by atoms with E-state index in [0.29, 0.717) is 30.8 Å². The van der Waals surface area contributed by atoms with Gasteiger partial charge in [-0.25, -0.2) is 0 Å². The first-order valence-electron chi connectivity index (χ1n) is 8.67. The summed E-state index contributed by atoms with van der Waals surface area (Å²) in [6.45, 7) is 2.41. The number of hydrogen-bond acceptors (Lipinski definition) is 4. The summed E-state index contributed by atoms with van der Waals surface area (Å²) in [5.74, 6) is 0.928. The monoisotopic (exact) mass is 329 g/mol. The van der Waals surface area contributed by atoms with Crippen LogP contribution in [-0.4, -0.2) is 48.0 Å². The first-order chi connectivity index (χ1) is 11.5. The van der Waals surface area contributed by atoms with E-state index in [4.69, 9.17) is 9.47 Å². The second-order valence-corrected chi connectivity index (χ2v) is 7.26. The molecule has 0 aromatic heterocycles. The number of benzene rings is 1. The van der Waals surface area contributed by atoms with Crippen LogP contribution in [0, 0.1) is 6.92 Å². The summed E-state index contributed by atoms with van der Waals surface area (Å²) in [6, 6.07) is 5.97. The predicted molar refractivity (Wildman–Crippen MR) is 88.3 cm³/mol. The molecule has 5 nitrogen and oxygen atoms in total. The van der Waals surface area contributed by atoms with E-state index in [1.807, 2.05) is 30.0 Å². The average molecular weight is 329 g/mol. The van der Waals surface area contributed by atoms with Crippen LogP contribution in [0.2, 0.25) is 0 Å². The maximum absolute atomic E-state index is 12.7. The molecule has 0 aliphatic carbocycles. The number of rotatable bonds is 3. The summed E-state index contributed by atoms with van der Waals surface area (Å²) < 4.78 is 11.4. The zero-order valence-electron chi connectivity index (χ0n) is 14.2. The molecule has 1 aromatic carbocycles. The van der Waals surface area contributed by atoms with Crippen molar-refractivity contribution < 1.29 is 19.1 Å². The third-order valence-corrected chi connectivity index (χ3v) is 5.71. The normalized spacial score (nSPS) is 30.6. The van der Waals surface area contributed by atoms with Gasteiger partial charge in [0.05, 0.1) is 31.1 Å². The minimum absolute atomic E-state index is 0.00487. The number of ketones is 1. The second-order valence-electron chi connectivity index (χ2n) is 7.26. The van der Waals surface area contributed by atoms with Crippen LogP contribution in [0.25, 0.3) is 0 Å². The molecular weight excluding hydrogens is 306 g/mol. The van der Waals surface area contributed by atoms with Gasteiger partial charge >= 0.3 is 0 Å². The van der Waals surface area contributed by atoms with E-state index in [9.17, 15) is 9.59 Å². The first kappa shape index (κ1) is 15.6. The van der Waals surface area contributed by atoms with Crippen molar-refractivity contribution >= 4 is 11.7 Å². The molecule has 3 aliphatic rings. The highest BCUT2D eigenvalue weighted by Crippen LogP contribution is 2.51. The highest BCUT2D eigenvalue weighted by molar-refractivity contribution is 6.00. The lowest BCUT2D eigenvalue weighted by Crippen LogP contribution is -2.52. The molecule has 0 saturated carbocycles. The Morgan fingerprint density at radius 3 is 3.04 bits per heavy atom. The Morgan fingerprint density at radius 1 is 1.42 bits per heavy atom. The molecule has 2 bridgehead atoms. The molecule has 4 rings (SSSR count). The summed E-state index contributed by atoms with van der Waals surface area (Å²) in [5.41, 5.74) is 1.21. The standard InChI is InChI=1S/C19H23NO4/c1-12-3-5-16-14(9-12)15(21)11-19(24-16)10-13-4-6-17(19)20(13)18(22)7-8-23-2/h3,5,9,13,17H,4,6-8,10-11H2,1-2H3/t13-,17-,19+/m0/s1. The van der Waals surface area contributed by atoms with Crippen LogP contribution in [0.5, 0.6) is 5.75 Å². The van der Waals surface area contributed by atoms with Gasteiger partial charge in [-0.05, 0) is 31.9 Å². The molecule has 3 aliphatic heterocycles. The average Bonchev–Trinajstić information content (AvgIpc) is 3.09. The number of carbonyl (C=O) groups excluding carboxylic acids is 2. The Kier molecular flexibility index (Phi) is 3.64. The fourth-order valence-electron chi connectivity index (χ4n) is 4.70. The summed E-state index contributed by atoms with van der Waals surface area (Å²) in [6.07, 6.45) is 3.44. The van der Waals surface area contributed by atoms with Crippen molar-refractivity contribution in [3.8, 4) is 5.75 Å². The topological polar surface area (TPSA) is 55.8 Å². The lowest BCUT2D eigenvalue weighted by molar-refractivity contribution is -0.134. The van der Waals surface area contributed by atoms with E-state index in [0.717, 1.165) is 24.8 Å². The lowest BCUT2D eigenvalue weighted by Gasteiger charge is -2.40. The number of nitrogens with zero attached hydrogens (tertiary/aromatic N) is 1. The van der Waals surface area contributed by atoms with Crippen molar-refractivity contribution in [2.75, 3.05) is 13.7 Å². The highest BCUT2D eigenvalue weighted by atomic mass is 16.5. The molecule has 0 N–H and O–H groups in total. The van der Waals surface area contributed by atoms with E-state index in [1.165, 1.54) is 0 Å². The number of amides is 1. The first-order valence-corrected chi connectivity index (χ1v) is 8.67. The van der Waals surface area contributed by atoms with Crippen molar-refractivity contribution in [2.45, 2.75) is 56.7 Å². The Hall–Kier alpha value is -1.88. The van der Waals surface area contributed by atoms with Crippen LogP contribution >= 0.6 is 0 Å². The van der Waals surface area contributed by atoms with Crippen LogP contribution in [0.4, 0.5) is 0 Å². The van der Waals surface area contributed by atoms with Crippen LogP contribution in [0.3, 0.4) is 0 Å². The van der Waals surface area contributed by atoms with E-state index in [-0.39, 0.29) is 23.8 Å². The molecular formula is C19H23NO4. The molecule has 1 amide bonds. The summed E-state index contributed by atoms with van der Waals surface area (Å²) in [7, 11) is 1.61. The zero-order chi connectivity index (χ0) is 16.9. The van der Waals surface area contributed by atoms with Crippen LogP contribution in [-0.2, 0) is 9.53 Å². The van der Waals surface area contributed by atoms with Crippen molar-refractivity contribution in [3.63, 3.8) is 0 Å². The van der Waals surface area contributed by atoms with Gasteiger partial charge < -0.3 is 14.4 Å². The number of ether oxygens (including phenoxy) is 2. The molecule has 24 heavy (non-hydrogen) atoms. The lowest BCUT2D eigenvalue weighted by atomic mass is 9.78. The number of aryl methyl sites for hydroxylation is 1. The van der Waals surface area contributed by atoms with E-state index < -0.39 is 5.60 Å². The largest absolute Gasteiger partial charge is 0.484 e. The Morgan fingerprint density at radius 2 is 2.25 bits per heavy atom. The summed E-state index contributed by atoms with van der Waals surface area (Å²) in [5, 5.41) is 0. The number of hydrogen-bond donors (Lipinski definition) is 0. The number of carbonyl (C=O) groups is 2. The van der Waals surface area contributed by atoms with Gasteiger partial charge in [-0.15, -0.1) is 0 Å². The molecule has 1 aromatic rings. The SMILES string of the molecule is COCCC(=O)N1[C@H]2CC[C@H]1[C@]1(CC(=O)c3cc(C)ccc3O1)C2. The Labute approximate surface area is 141 Å². The van der Waals surface area contributed by atoms with Gasteiger partial charge in [0, 0.05) is 19.6 Å². The van der Waals surface area contributed by atoms with Gasteiger partial charge in [0.25, 0.3) is 0 Å². The Balaban J connectivity index is 1.62. The maximum Gasteiger partial charge on any atom is 0.225 e. The van der Waals surface area contributed by atoms with Crippen molar-refractivity contribution in [1.29, 1.82) is 0 Å². The van der Waals surface area contributed by atoms with E-state index in [1.54, 1.807) is 7.11 Å². The fraction of sp³-hybridized carbons (Fsp3) is 0.579. The van der Waals surface area contributed by atoms with E-state index >= 15 is 0 Å². The van der Waals surface area contributed by atoms with Gasteiger partial charge in [-0.1, -0.05) is 11.6 Å². The predicted octanol–water partition coefficient (Wildman–Crippen LogP) is 2.50. The molecule has 0 unspecified atom stereocenters. The molecule has 128 valence electrons. The molecule has 2 fully saturated rings. The van der Waals surface area contributed by atoms with Gasteiger partial charge in [-0.2, -0.15) is 0 Å². The third kappa shape index (κ3) is 2.25. The van der Waals surface area contributed by atoms with Crippen molar-refractivity contribution in [1.82, 2.24) is 4.90 Å². The number of fused-ring (bicyclic) bond motifs is 4. The molecule has 2 saturated heterocycles. The molecule has 5 heteroatoms. The zero-order valence-corrected chi connectivity index (χ0v) is 14.2. The maximum atomic E-state index is 12.7. The smallest absolute Gasteiger partial charge is 0.225 e. The van der Waals surface area contributed by atoms with Crippen molar-refractivity contribution in [3.05, 3.63) is 29.3 Å². The molecule has 1 spiro atoms. The van der Waals surface area contributed by atoms with Crippen LogP contribution in [0.15, 0.2) is 18.2 Å². The number of Topliss-reactive ketones (excluding diaryl/α,β-unsaturated/α-hetero) is 1.